The van der Waals surface area contributed by atoms with E-state index in [0.29, 0.717) is 0 Å². The smallest absolute Gasteiger partial charge is 0.317 e. The van der Waals surface area contributed by atoms with E-state index >= 15 is 0 Å². The van der Waals surface area contributed by atoms with Crippen molar-refractivity contribution in [3.63, 3.8) is 0 Å². The summed E-state index contributed by atoms with van der Waals surface area (Å²) in [6.45, 7) is -1.88. The summed E-state index contributed by atoms with van der Waals surface area (Å²) < 4.78 is 0. The molecule has 15 nitrogen and oxygen atoms in total. The molecular weight excluding hydrogens is 482 g/mol. The average Bonchev–Trinajstić information content (AvgIpc) is 2.46. The fourth-order valence-corrected chi connectivity index (χ4v) is 0.829. The van der Waals surface area contributed by atoms with Crippen molar-refractivity contribution < 1.29 is 94.1 Å². The van der Waals surface area contributed by atoms with Crippen LogP contribution < -0.4 is 16.0 Å². The maximum Gasteiger partial charge on any atom is 0.317 e. The summed E-state index contributed by atoms with van der Waals surface area (Å²) in [7, 11) is 0. The molecule has 0 heterocycles. The molecule has 29 heavy (non-hydrogen) atoms. The van der Waals surface area contributed by atoms with Gasteiger partial charge in [0.2, 0.25) is 0 Å². The number of carbonyl (C=O) groups is 6. The standard InChI is InChI=1S/3C4H7NO4.2Cr/c3*6-3(7)1-5-2-4(8)9;;/h3*5H,1-2H2,(H,6,7)(H,8,9);;. The van der Waals surface area contributed by atoms with E-state index in [4.69, 9.17) is 30.6 Å². The van der Waals surface area contributed by atoms with Gasteiger partial charge in [0, 0.05) is 34.7 Å². The van der Waals surface area contributed by atoms with Gasteiger partial charge in [0.25, 0.3) is 0 Å². The van der Waals surface area contributed by atoms with Gasteiger partial charge in [0.1, 0.15) is 0 Å². The van der Waals surface area contributed by atoms with Gasteiger partial charge in [0.15, 0.2) is 0 Å². The van der Waals surface area contributed by atoms with Gasteiger partial charge < -0.3 is 30.6 Å². The van der Waals surface area contributed by atoms with Crippen LogP contribution in [0.2, 0.25) is 0 Å². The second kappa shape index (κ2) is 25.8. The minimum absolute atomic E-state index is 0. The van der Waals surface area contributed by atoms with E-state index in [-0.39, 0.29) is 74.0 Å². The molecular formula is C12H21Cr2N3O12. The Kier molecular flexibility index (Phi) is 33.3. The third kappa shape index (κ3) is 58.5. The quantitative estimate of drug-likeness (QED) is 0.124. The van der Waals surface area contributed by atoms with Crippen LogP contribution >= 0.6 is 0 Å². The largest absolute Gasteiger partial charge is 0.480 e. The normalized spacial score (nSPS) is 8.28. The molecule has 0 aliphatic carbocycles. The average molecular weight is 503 g/mol. The molecule has 0 spiro atoms. The van der Waals surface area contributed by atoms with Crippen molar-refractivity contribution >= 4 is 35.8 Å². The number of aliphatic carboxylic acids is 6. The van der Waals surface area contributed by atoms with E-state index in [1.807, 2.05) is 0 Å². The summed E-state index contributed by atoms with van der Waals surface area (Å²) in [6, 6.07) is 0. The third-order valence-corrected chi connectivity index (χ3v) is 1.66. The van der Waals surface area contributed by atoms with Crippen molar-refractivity contribution in [2.45, 2.75) is 0 Å². The summed E-state index contributed by atoms with van der Waals surface area (Å²) in [4.78, 5) is 58.4. The van der Waals surface area contributed by atoms with Crippen molar-refractivity contribution in [1.29, 1.82) is 0 Å². The molecule has 0 aromatic heterocycles. The van der Waals surface area contributed by atoms with E-state index in [1.165, 1.54) is 0 Å². The van der Waals surface area contributed by atoms with Crippen LogP contribution in [0.5, 0.6) is 0 Å². The first kappa shape index (κ1) is 37.5. The van der Waals surface area contributed by atoms with Gasteiger partial charge in [-0.3, -0.25) is 44.7 Å². The van der Waals surface area contributed by atoms with Gasteiger partial charge in [-0.25, -0.2) is 0 Å². The summed E-state index contributed by atoms with van der Waals surface area (Å²) in [6.07, 6.45) is 0. The SMILES string of the molecule is O=C(O)CNCC(=O)O.O=C(O)CNCC(=O)O.O=C(O)CNCC(=O)O.[Cr].[Cr]. The molecule has 9 N–H and O–H groups in total. The summed E-state index contributed by atoms with van der Waals surface area (Å²) in [5.74, 6) is -6.35. The molecule has 0 saturated carbocycles. The molecule has 0 atom stereocenters. The van der Waals surface area contributed by atoms with Gasteiger partial charge in [-0.15, -0.1) is 0 Å². The number of carboxylic acids is 6. The van der Waals surface area contributed by atoms with E-state index < -0.39 is 35.8 Å². The number of carboxylic acid groups (broad SMARTS) is 6. The molecule has 168 valence electrons. The number of hydrogen-bond acceptors (Lipinski definition) is 9. The molecule has 17 heteroatoms. The van der Waals surface area contributed by atoms with Crippen LogP contribution in [-0.4, -0.2) is 106 Å². The second-order valence-corrected chi connectivity index (χ2v) is 4.17. The Balaban J connectivity index is -0.0000000960. The molecule has 0 aliphatic heterocycles. The van der Waals surface area contributed by atoms with Crippen LogP contribution in [0, 0.1) is 0 Å². The first-order chi connectivity index (χ1) is 12.4. The Morgan fingerprint density at radius 1 is 0.379 bits per heavy atom. The monoisotopic (exact) mass is 503 g/mol. The first-order valence-electron chi connectivity index (χ1n) is 6.81. The maximum atomic E-state index is 9.73. The number of nitrogens with one attached hydrogen (secondary N) is 3. The van der Waals surface area contributed by atoms with Gasteiger partial charge in [-0.05, 0) is 0 Å². The Morgan fingerprint density at radius 3 is 0.552 bits per heavy atom. The fourth-order valence-electron chi connectivity index (χ4n) is 0.829. The van der Waals surface area contributed by atoms with Crippen LogP contribution in [0.3, 0.4) is 0 Å². The number of hydrogen-bond donors (Lipinski definition) is 9. The summed E-state index contributed by atoms with van der Waals surface area (Å²) >= 11 is 0. The second-order valence-electron chi connectivity index (χ2n) is 4.17. The third-order valence-electron chi connectivity index (χ3n) is 1.66. The first-order valence-corrected chi connectivity index (χ1v) is 6.81. The van der Waals surface area contributed by atoms with Crippen molar-refractivity contribution in [2.75, 3.05) is 39.3 Å². The van der Waals surface area contributed by atoms with Crippen molar-refractivity contribution in [1.82, 2.24) is 16.0 Å². The molecule has 0 radical (unpaired) electrons. The summed E-state index contributed by atoms with van der Waals surface area (Å²) in [5.41, 5.74) is 0. The van der Waals surface area contributed by atoms with E-state index in [1.54, 1.807) is 0 Å². The summed E-state index contributed by atoms with van der Waals surface area (Å²) in [5, 5.41) is 54.4. The zero-order valence-electron chi connectivity index (χ0n) is 14.7. The van der Waals surface area contributed by atoms with Crippen LogP contribution in [0.1, 0.15) is 0 Å². The topological polar surface area (TPSA) is 260 Å². The minimum atomic E-state index is -1.06. The van der Waals surface area contributed by atoms with Crippen molar-refractivity contribution in [3.05, 3.63) is 0 Å². The van der Waals surface area contributed by atoms with Crippen LogP contribution in [0.25, 0.3) is 0 Å². The number of rotatable bonds is 12. The fraction of sp³-hybridized carbons (Fsp3) is 0.500. The zero-order valence-corrected chi connectivity index (χ0v) is 17.2. The molecule has 0 rings (SSSR count). The van der Waals surface area contributed by atoms with Crippen molar-refractivity contribution in [2.24, 2.45) is 0 Å². The van der Waals surface area contributed by atoms with Gasteiger partial charge in [-0.2, -0.15) is 0 Å². The molecule has 0 unspecified atom stereocenters. The molecule has 0 bridgehead atoms. The van der Waals surface area contributed by atoms with Crippen LogP contribution in [0.4, 0.5) is 0 Å². The molecule has 0 aromatic carbocycles. The van der Waals surface area contributed by atoms with Gasteiger partial charge >= 0.3 is 35.8 Å². The molecule has 0 fully saturated rings. The van der Waals surface area contributed by atoms with Crippen LogP contribution in [-0.2, 0) is 63.5 Å². The Labute approximate surface area is 185 Å². The minimum Gasteiger partial charge on any atom is -0.480 e. The molecule has 0 aliphatic rings. The predicted molar refractivity (Wildman–Crippen MR) is 84.4 cm³/mol. The van der Waals surface area contributed by atoms with Gasteiger partial charge in [-0.1, -0.05) is 0 Å². The van der Waals surface area contributed by atoms with Crippen LogP contribution in [0.15, 0.2) is 0 Å². The van der Waals surface area contributed by atoms with Gasteiger partial charge in [0.05, 0.1) is 39.3 Å². The van der Waals surface area contributed by atoms with E-state index in [2.05, 4.69) is 16.0 Å². The molecule has 0 aromatic rings. The van der Waals surface area contributed by atoms with E-state index in [9.17, 15) is 28.8 Å². The predicted octanol–water partition coefficient (Wildman–Crippen LogP) is -3.77. The Bertz CT molecular complexity index is 405. The van der Waals surface area contributed by atoms with E-state index in [0.717, 1.165) is 0 Å². The maximum absolute atomic E-state index is 9.73. The Morgan fingerprint density at radius 2 is 0.483 bits per heavy atom. The molecule has 0 saturated heterocycles. The molecule has 0 amide bonds. The zero-order chi connectivity index (χ0) is 21.8. The van der Waals surface area contributed by atoms with Crippen molar-refractivity contribution in [3.8, 4) is 0 Å². The Hall–Kier alpha value is -2.24.